The predicted octanol–water partition coefficient (Wildman–Crippen LogP) is 0.804. The molecule has 8 nitrogen and oxygen atoms in total. The second-order valence-electron chi connectivity index (χ2n) is 4.16. The van der Waals surface area contributed by atoms with Gasteiger partial charge in [0.1, 0.15) is 6.20 Å². The number of nitrogens with one attached hydrogen (secondary N) is 1. The summed E-state index contributed by atoms with van der Waals surface area (Å²) in [6.45, 7) is 4.03. The second kappa shape index (κ2) is 4.91. The number of aromatic nitrogens is 2. The van der Waals surface area contributed by atoms with Gasteiger partial charge in [-0.15, -0.1) is 0 Å². The van der Waals surface area contributed by atoms with Crippen LogP contribution in [0.1, 0.15) is 13.8 Å². The summed E-state index contributed by atoms with van der Waals surface area (Å²) < 4.78 is 5.00. The first kappa shape index (κ1) is 13.1. The fourth-order valence-electron chi connectivity index (χ4n) is 1.33. The summed E-state index contributed by atoms with van der Waals surface area (Å²) in [6, 6.07) is 0. The SMILES string of the molecule is COCC(C)(C)Nc1nc(N)ncc1[N+](=O)[O-]. The zero-order valence-corrected chi connectivity index (χ0v) is 9.93. The lowest BCUT2D eigenvalue weighted by Gasteiger charge is -2.25. The normalized spacial score (nSPS) is 11.2. The van der Waals surface area contributed by atoms with Crippen LogP contribution in [0, 0.1) is 10.1 Å². The third-order valence-electron chi connectivity index (χ3n) is 1.95. The average molecular weight is 241 g/mol. The van der Waals surface area contributed by atoms with Gasteiger partial charge in [-0.2, -0.15) is 4.98 Å². The van der Waals surface area contributed by atoms with Gasteiger partial charge in [0.05, 0.1) is 17.1 Å². The van der Waals surface area contributed by atoms with Crippen molar-refractivity contribution in [2.75, 3.05) is 24.8 Å². The molecule has 1 heterocycles. The third-order valence-corrected chi connectivity index (χ3v) is 1.95. The molecule has 0 amide bonds. The Labute approximate surface area is 98.4 Å². The number of ether oxygens (including phenoxy) is 1. The van der Waals surface area contributed by atoms with Crippen molar-refractivity contribution in [1.82, 2.24) is 9.97 Å². The number of hydrogen-bond donors (Lipinski definition) is 2. The highest BCUT2D eigenvalue weighted by molar-refractivity contribution is 5.57. The summed E-state index contributed by atoms with van der Waals surface area (Å²) in [5.74, 6) is 0.0656. The number of hydrogen-bond acceptors (Lipinski definition) is 7. The maximum absolute atomic E-state index is 10.8. The highest BCUT2D eigenvalue weighted by Crippen LogP contribution is 2.24. The Bertz CT molecular complexity index is 421. The minimum absolute atomic E-state index is 0.0219. The predicted molar refractivity (Wildman–Crippen MR) is 62.7 cm³/mol. The Morgan fingerprint density at radius 1 is 1.65 bits per heavy atom. The van der Waals surface area contributed by atoms with Crippen LogP contribution in [0.2, 0.25) is 0 Å². The standard InChI is InChI=1S/C9H15N5O3/c1-9(2,5-17-3)13-7-6(14(15)16)4-11-8(10)12-7/h4H,5H2,1-3H3,(H3,10,11,12,13). The summed E-state index contributed by atoms with van der Waals surface area (Å²) in [7, 11) is 1.55. The van der Waals surface area contributed by atoms with Gasteiger partial charge >= 0.3 is 5.69 Å². The van der Waals surface area contributed by atoms with Crippen LogP contribution in [0.3, 0.4) is 0 Å². The quantitative estimate of drug-likeness (QED) is 0.578. The molecule has 0 spiro atoms. The number of nitro groups is 1. The Morgan fingerprint density at radius 3 is 2.82 bits per heavy atom. The van der Waals surface area contributed by atoms with E-state index in [4.69, 9.17) is 10.5 Å². The van der Waals surface area contributed by atoms with Gasteiger partial charge in [-0.1, -0.05) is 0 Å². The third kappa shape index (κ3) is 3.52. The van der Waals surface area contributed by atoms with E-state index >= 15 is 0 Å². The second-order valence-corrected chi connectivity index (χ2v) is 4.16. The molecule has 0 atom stereocenters. The highest BCUT2D eigenvalue weighted by Gasteiger charge is 2.24. The van der Waals surface area contributed by atoms with Gasteiger partial charge in [-0.05, 0) is 13.8 Å². The molecule has 94 valence electrons. The molecule has 0 radical (unpaired) electrons. The molecule has 3 N–H and O–H groups in total. The molecular formula is C9H15N5O3. The van der Waals surface area contributed by atoms with Gasteiger partial charge in [0, 0.05) is 7.11 Å². The van der Waals surface area contributed by atoms with Crippen molar-refractivity contribution < 1.29 is 9.66 Å². The molecule has 0 aliphatic carbocycles. The summed E-state index contributed by atoms with van der Waals surface area (Å²) in [6.07, 6.45) is 1.08. The monoisotopic (exact) mass is 241 g/mol. The first-order chi connectivity index (χ1) is 7.85. The van der Waals surface area contributed by atoms with Crippen molar-refractivity contribution in [2.45, 2.75) is 19.4 Å². The Kier molecular flexibility index (Phi) is 3.79. The van der Waals surface area contributed by atoms with Crippen LogP contribution >= 0.6 is 0 Å². The Balaban J connectivity index is 3.04. The van der Waals surface area contributed by atoms with E-state index < -0.39 is 10.5 Å². The number of nitrogens with zero attached hydrogens (tertiary/aromatic N) is 3. The van der Waals surface area contributed by atoms with Gasteiger partial charge in [-0.3, -0.25) is 10.1 Å². The van der Waals surface area contributed by atoms with E-state index in [1.807, 2.05) is 13.8 Å². The van der Waals surface area contributed by atoms with E-state index in [1.54, 1.807) is 7.11 Å². The lowest BCUT2D eigenvalue weighted by atomic mass is 10.1. The lowest BCUT2D eigenvalue weighted by molar-refractivity contribution is -0.384. The number of nitrogen functional groups attached to an aromatic ring is 1. The van der Waals surface area contributed by atoms with Crippen molar-refractivity contribution in [2.24, 2.45) is 0 Å². The van der Waals surface area contributed by atoms with Gasteiger partial charge in [0.15, 0.2) is 0 Å². The maximum atomic E-state index is 10.8. The highest BCUT2D eigenvalue weighted by atomic mass is 16.6. The van der Waals surface area contributed by atoms with E-state index in [2.05, 4.69) is 15.3 Å². The molecule has 0 aromatic carbocycles. The molecule has 0 bridgehead atoms. The minimum Gasteiger partial charge on any atom is -0.382 e. The lowest BCUT2D eigenvalue weighted by Crippen LogP contribution is -2.36. The summed E-state index contributed by atoms with van der Waals surface area (Å²) in [5.41, 5.74) is 4.69. The van der Waals surface area contributed by atoms with Crippen LogP contribution in [0.4, 0.5) is 17.5 Å². The van der Waals surface area contributed by atoms with Crippen LogP contribution in [-0.4, -0.2) is 34.1 Å². The number of nitrogens with two attached hydrogens (primary N) is 1. The van der Waals surface area contributed by atoms with Gasteiger partial charge in [-0.25, -0.2) is 4.98 Å². The Hall–Kier alpha value is -1.96. The van der Waals surface area contributed by atoms with Crippen LogP contribution in [0.25, 0.3) is 0 Å². The summed E-state index contributed by atoms with van der Waals surface area (Å²) >= 11 is 0. The smallest absolute Gasteiger partial charge is 0.329 e. The van der Waals surface area contributed by atoms with Crippen molar-refractivity contribution in [1.29, 1.82) is 0 Å². The van der Waals surface area contributed by atoms with Crippen LogP contribution < -0.4 is 11.1 Å². The molecule has 0 unspecified atom stereocenters. The van der Waals surface area contributed by atoms with Gasteiger partial charge < -0.3 is 15.8 Å². The van der Waals surface area contributed by atoms with Crippen molar-refractivity contribution >= 4 is 17.5 Å². The van der Waals surface area contributed by atoms with Crippen LogP contribution in [0.15, 0.2) is 6.20 Å². The Morgan fingerprint density at radius 2 is 2.29 bits per heavy atom. The molecule has 8 heteroatoms. The van der Waals surface area contributed by atoms with E-state index in [0.717, 1.165) is 6.20 Å². The van der Waals surface area contributed by atoms with E-state index in [0.29, 0.717) is 6.61 Å². The molecule has 17 heavy (non-hydrogen) atoms. The molecule has 0 saturated heterocycles. The van der Waals surface area contributed by atoms with Gasteiger partial charge in [0.25, 0.3) is 0 Å². The molecule has 1 aromatic rings. The molecule has 0 fully saturated rings. The topological polar surface area (TPSA) is 116 Å². The van der Waals surface area contributed by atoms with Crippen molar-refractivity contribution in [3.8, 4) is 0 Å². The molecule has 1 aromatic heterocycles. The number of methoxy groups -OCH3 is 1. The molecule has 0 aliphatic heterocycles. The van der Waals surface area contributed by atoms with Crippen LogP contribution in [0.5, 0.6) is 0 Å². The fourth-order valence-corrected chi connectivity index (χ4v) is 1.33. The first-order valence-corrected chi connectivity index (χ1v) is 4.90. The van der Waals surface area contributed by atoms with Gasteiger partial charge in [0.2, 0.25) is 11.8 Å². The average Bonchev–Trinajstić information content (AvgIpc) is 2.15. The molecule has 0 saturated carbocycles. The summed E-state index contributed by atoms with van der Waals surface area (Å²) in [4.78, 5) is 17.6. The molecule has 1 rings (SSSR count). The number of anilines is 2. The maximum Gasteiger partial charge on any atom is 0.329 e. The van der Waals surface area contributed by atoms with Crippen molar-refractivity contribution in [3.63, 3.8) is 0 Å². The van der Waals surface area contributed by atoms with Crippen LogP contribution in [-0.2, 0) is 4.74 Å². The van der Waals surface area contributed by atoms with E-state index in [9.17, 15) is 10.1 Å². The minimum atomic E-state index is -0.565. The van der Waals surface area contributed by atoms with E-state index in [1.165, 1.54) is 0 Å². The zero-order valence-electron chi connectivity index (χ0n) is 9.93. The zero-order chi connectivity index (χ0) is 13.1. The fraction of sp³-hybridized carbons (Fsp3) is 0.556. The van der Waals surface area contributed by atoms with E-state index in [-0.39, 0.29) is 17.5 Å². The number of rotatable bonds is 5. The molecular weight excluding hydrogens is 226 g/mol. The summed E-state index contributed by atoms with van der Waals surface area (Å²) in [5, 5.41) is 13.7. The first-order valence-electron chi connectivity index (χ1n) is 4.90. The molecule has 0 aliphatic rings. The van der Waals surface area contributed by atoms with Crippen molar-refractivity contribution in [3.05, 3.63) is 16.3 Å². The largest absolute Gasteiger partial charge is 0.382 e.